The molecule has 0 aliphatic carbocycles. The topological polar surface area (TPSA) is 37.8 Å². The lowest BCUT2D eigenvalue weighted by Gasteiger charge is -2.06. The van der Waals surface area contributed by atoms with E-state index in [0.29, 0.717) is 6.54 Å². The van der Waals surface area contributed by atoms with Crippen LogP contribution in [0.3, 0.4) is 0 Å². The third-order valence-corrected chi connectivity index (χ3v) is 3.70. The quantitative estimate of drug-likeness (QED) is 0.672. The Hall–Kier alpha value is -1.54. The molecule has 8 heteroatoms. The third kappa shape index (κ3) is 3.98. The fraction of sp³-hybridized carbons (Fsp3) is 0.385. The van der Waals surface area contributed by atoms with Gasteiger partial charge in [0.1, 0.15) is 10.8 Å². The normalized spacial score (nSPS) is 11.9. The number of rotatable bonds is 5. The van der Waals surface area contributed by atoms with E-state index in [-0.39, 0.29) is 22.1 Å². The molecular formula is C13H13F4N3S. The molecule has 0 fully saturated rings. The van der Waals surface area contributed by atoms with Crippen LogP contribution in [0.5, 0.6) is 0 Å². The molecule has 0 radical (unpaired) electrons. The van der Waals surface area contributed by atoms with Crippen molar-refractivity contribution < 1.29 is 17.6 Å². The van der Waals surface area contributed by atoms with E-state index in [1.54, 1.807) is 0 Å². The highest BCUT2D eigenvalue weighted by Gasteiger charge is 2.37. The van der Waals surface area contributed by atoms with Crippen molar-refractivity contribution in [3.63, 3.8) is 0 Å². The summed E-state index contributed by atoms with van der Waals surface area (Å²) in [5, 5.41) is 3.06. The van der Waals surface area contributed by atoms with Crippen molar-refractivity contribution in [2.75, 3.05) is 6.54 Å². The number of hydrogen-bond acceptors (Lipinski definition) is 4. The van der Waals surface area contributed by atoms with Gasteiger partial charge < -0.3 is 5.32 Å². The Labute approximate surface area is 123 Å². The van der Waals surface area contributed by atoms with E-state index in [1.807, 2.05) is 6.92 Å². The van der Waals surface area contributed by atoms with Crippen LogP contribution in [0.4, 0.5) is 17.6 Å². The first-order valence-electron chi connectivity index (χ1n) is 6.31. The van der Waals surface area contributed by atoms with Crippen molar-refractivity contribution in [1.82, 2.24) is 15.3 Å². The van der Waals surface area contributed by atoms with Crippen LogP contribution in [0.1, 0.15) is 23.9 Å². The van der Waals surface area contributed by atoms with Crippen LogP contribution in [-0.2, 0) is 12.7 Å². The van der Waals surface area contributed by atoms with Gasteiger partial charge in [-0.3, -0.25) is 4.98 Å². The highest BCUT2D eigenvalue weighted by atomic mass is 32.1. The lowest BCUT2D eigenvalue weighted by Crippen LogP contribution is -2.17. The minimum absolute atomic E-state index is 0.0988. The molecule has 0 aliphatic heterocycles. The zero-order valence-electron chi connectivity index (χ0n) is 11.2. The summed E-state index contributed by atoms with van der Waals surface area (Å²) >= 11 is 0.917. The Morgan fingerprint density at radius 1 is 1.29 bits per heavy atom. The van der Waals surface area contributed by atoms with Gasteiger partial charge in [-0.2, -0.15) is 13.2 Å². The fourth-order valence-corrected chi connectivity index (χ4v) is 2.71. The van der Waals surface area contributed by atoms with Gasteiger partial charge in [0.25, 0.3) is 0 Å². The average Bonchev–Trinajstić information content (AvgIpc) is 2.84. The van der Waals surface area contributed by atoms with Crippen molar-refractivity contribution in [3.8, 4) is 10.7 Å². The molecule has 0 atom stereocenters. The number of hydrogen-bond donors (Lipinski definition) is 1. The van der Waals surface area contributed by atoms with Gasteiger partial charge in [-0.15, -0.1) is 11.3 Å². The van der Waals surface area contributed by atoms with Crippen molar-refractivity contribution >= 4 is 11.3 Å². The molecule has 1 N–H and O–H groups in total. The van der Waals surface area contributed by atoms with E-state index in [2.05, 4.69) is 15.3 Å². The average molecular weight is 319 g/mol. The predicted molar refractivity (Wildman–Crippen MR) is 72.3 cm³/mol. The Kier molecular flexibility index (Phi) is 4.89. The first-order chi connectivity index (χ1) is 9.91. The zero-order valence-corrected chi connectivity index (χ0v) is 12.0. The minimum atomic E-state index is -4.52. The van der Waals surface area contributed by atoms with Crippen molar-refractivity contribution in [1.29, 1.82) is 0 Å². The molecule has 2 aromatic heterocycles. The first-order valence-corrected chi connectivity index (χ1v) is 7.13. The molecule has 0 unspecified atom stereocenters. The van der Waals surface area contributed by atoms with E-state index < -0.39 is 17.7 Å². The summed E-state index contributed by atoms with van der Waals surface area (Å²) in [4.78, 5) is 7.50. The molecule has 2 rings (SSSR count). The van der Waals surface area contributed by atoms with Gasteiger partial charge in [0.15, 0.2) is 5.69 Å². The van der Waals surface area contributed by atoms with Crippen LogP contribution in [0.15, 0.2) is 18.3 Å². The molecule has 0 bridgehead atoms. The number of alkyl halides is 3. The monoisotopic (exact) mass is 319 g/mol. The second-order valence-corrected chi connectivity index (χ2v) is 5.41. The molecule has 0 aromatic carbocycles. The van der Waals surface area contributed by atoms with E-state index in [9.17, 15) is 17.6 Å². The number of thiazole rings is 1. The molecule has 0 saturated heterocycles. The third-order valence-electron chi connectivity index (χ3n) is 2.62. The number of aromatic nitrogens is 2. The van der Waals surface area contributed by atoms with Gasteiger partial charge in [-0.1, -0.05) is 6.92 Å². The van der Waals surface area contributed by atoms with Gasteiger partial charge >= 0.3 is 6.18 Å². The van der Waals surface area contributed by atoms with E-state index in [0.717, 1.165) is 30.0 Å². The van der Waals surface area contributed by atoms with Crippen molar-refractivity contribution in [3.05, 3.63) is 34.7 Å². The van der Waals surface area contributed by atoms with Crippen LogP contribution >= 0.6 is 11.3 Å². The van der Waals surface area contributed by atoms with E-state index in [4.69, 9.17) is 0 Å². The highest BCUT2D eigenvalue weighted by Crippen LogP contribution is 2.37. The maximum atomic E-state index is 13.0. The van der Waals surface area contributed by atoms with Gasteiger partial charge in [0.2, 0.25) is 0 Å². The molecule has 2 aromatic rings. The van der Waals surface area contributed by atoms with Gasteiger partial charge in [0.05, 0.1) is 16.8 Å². The highest BCUT2D eigenvalue weighted by molar-refractivity contribution is 7.15. The maximum Gasteiger partial charge on any atom is 0.434 e. The summed E-state index contributed by atoms with van der Waals surface area (Å²) in [5.41, 5.74) is -0.675. The van der Waals surface area contributed by atoms with E-state index >= 15 is 0 Å². The molecule has 0 spiro atoms. The summed E-state index contributed by atoms with van der Waals surface area (Å²) in [6, 6.07) is 2.46. The Bertz CT molecular complexity index is 592. The predicted octanol–water partition coefficient (Wildman–Crippen LogP) is 3.86. The largest absolute Gasteiger partial charge is 0.434 e. The Balaban J connectivity index is 2.33. The summed E-state index contributed by atoms with van der Waals surface area (Å²) in [6.07, 6.45) is -2.73. The zero-order chi connectivity index (χ0) is 15.5. The molecule has 114 valence electrons. The van der Waals surface area contributed by atoms with Crippen LogP contribution in [0.2, 0.25) is 0 Å². The second kappa shape index (κ2) is 6.48. The molecule has 0 saturated carbocycles. The lowest BCUT2D eigenvalue weighted by atomic mass is 10.3. The summed E-state index contributed by atoms with van der Waals surface area (Å²) < 4.78 is 51.8. The maximum absolute atomic E-state index is 13.0. The summed E-state index contributed by atoms with van der Waals surface area (Å²) in [6.45, 7) is 2.65. The van der Waals surface area contributed by atoms with Gasteiger partial charge in [-0.05, 0) is 25.1 Å². The van der Waals surface area contributed by atoms with Crippen LogP contribution in [-0.4, -0.2) is 16.5 Å². The van der Waals surface area contributed by atoms with Crippen LogP contribution < -0.4 is 5.32 Å². The number of pyridine rings is 1. The molecule has 21 heavy (non-hydrogen) atoms. The van der Waals surface area contributed by atoms with Gasteiger partial charge in [-0.25, -0.2) is 9.37 Å². The lowest BCUT2D eigenvalue weighted by molar-refractivity contribution is -0.141. The fourth-order valence-electron chi connectivity index (χ4n) is 1.68. The molecule has 2 heterocycles. The SMILES string of the molecule is CCCNCc1sc(-c2ccc(F)cn2)nc1C(F)(F)F. The molecule has 0 amide bonds. The molecule has 3 nitrogen and oxygen atoms in total. The van der Waals surface area contributed by atoms with E-state index in [1.165, 1.54) is 6.07 Å². The Morgan fingerprint density at radius 3 is 2.62 bits per heavy atom. The molecule has 0 aliphatic rings. The standard InChI is InChI=1S/C13H13F4N3S/c1-2-5-18-7-10-11(13(15,16)17)20-12(21-10)9-4-3-8(14)6-19-9/h3-4,6,18H,2,5,7H2,1H3. The first kappa shape index (κ1) is 15.8. The second-order valence-electron chi connectivity index (χ2n) is 4.33. The van der Waals surface area contributed by atoms with Crippen LogP contribution in [0.25, 0.3) is 10.7 Å². The van der Waals surface area contributed by atoms with Gasteiger partial charge in [0, 0.05) is 6.54 Å². The number of nitrogens with one attached hydrogen (secondary N) is 1. The van der Waals surface area contributed by atoms with Crippen LogP contribution in [0, 0.1) is 5.82 Å². The van der Waals surface area contributed by atoms with Crippen molar-refractivity contribution in [2.45, 2.75) is 26.1 Å². The Morgan fingerprint density at radius 2 is 2.05 bits per heavy atom. The summed E-state index contributed by atoms with van der Waals surface area (Å²) in [5.74, 6) is -0.545. The number of nitrogens with zero attached hydrogens (tertiary/aromatic N) is 2. The summed E-state index contributed by atoms with van der Waals surface area (Å²) in [7, 11) is 0. The van der Waals surface area contributed by atoms with Crippen molar-refractivity contribution in [2.24, 2.45) is 0 Å². The minimum Gasteiger partial charge on any atom is -0.312 e. The molecular weight excluding hydrogens is 306 g/mol. The smallest absolute Gasteiger partial charge is 0.312 e. The number of halogens is 4.